The fraction of sp³-hybridized carbons (Fsp3) is 0.600. The molecule has 0 amide bonds. The molecule has 0 aliphatic carbocycles. The molecular weight excluding hydrogens is 210 g/mol. The van der Waals surface area contributed by atoms with Crippen LogP contribution in [-0.2, 0) is 11.2 Å². The van der Waals surface area contributed by atoms with Crippen LogP contribution in [0.4, 0.5) is 0 Å². The number of hydrogen-bond acceptors (Lipinski definition) is 2. The van der Waals surface area contributed by atoms with Crippen molar-refractivity contribution < 1.29 is 4.74 Å². The van der Waals surface area contributed by atoms with Crippen molar-refractivity contribution in [1.82, 2.24) is 5.32 Å². The van der Waals surface area contributed by atoms with Gasteiger partial charge in [0.15, 0.2) is 0 Å². The molecule has 1 aliphatic heterocycles. The lowest BCUT2D eigenvalue weighted by molar-refractivity contribution is -0.125. The Labute approximate surface area is 104 Å². The summed E-state index contributed by atoms with van der Waals surface area (Å²) in [6.07, 6.45) is 0.926. The highest BCUT2D eigenvalue weighted by Gasteiger charge is 2.35. The summed E-state index contributed by atoms with van der Waals surface area (Å²) >= 11 is 0. The van der Waals surface area contributed by atoms with E-state index in [0.29, 0.717) is 0 Å². The summed E-state index contributed by atoms with van der Waals surface area (Å²) in [4.78, 5) is 0. The molecule has 0 bridgehead atoms. The van der Waals surface area contributed by atoms with Crippen molar-refractivity contribution in [2.45, 2.75) is 39.8 Å². The molecule has 0 radical (unpaired) electrons. The van der Waals surface area contributed by atoms with Crippen LogP contribution in [0.25, 0.3) is 0 Å². The highest BCUT2D eigenvalue weighted by molar-refractivity contribution is 5.27. The first-order valence-corrected chi connectivity index (χ1v) is 6.34. The van der Waals surface area contributed by atoms with E-state index in [9.17, 15) is 0 Å². The van der Waals surface area contributed by atoms with Gasteiger partial charge in [0, 0.05) is 18.4 Å². The molecule has 2 rings (SSSR count). The van der Waals surface area contributed by atoms with Crippen LogP contribution >= 0.6 is 0 Å². The summed E-state index contributed by atoms with van der Waals surface area (Å²) in [5, 5.41) is 3.54. The zero-order valence-corrected chi connectivity index (χ0v) is 11.3. The minimum Gasteiger partial charge on any atom is -0.360 e. The minimum atomic E-state index is -0.221. The monoisotopic (exact) mass is 233 g/mol. The lowest BCUT2D eigenvalue weighted by Crippen LogP contribution is -2.57. The van der Waals surface area contributed by atoms with Gasteiger partial charge in [-0.15, -0.1) is 0 Å². The summed E-state index contributed by atoms with van der Waals surface area (Å²) in [5.41, 5.74) is 2.72. The topological polar surface area (TPSA) is 21.3 Å². The van der Waals surface area contributed by atoms with E-state index in [2.05, 4.69) is 57.3 Å². The molecule has 94 valence electrons. The first-order chi connectivity index (χ1) is 7.90. The van der Waals surface area contributed by atoms with Crippen LogP contribution in [0.2, 0.25) is 0 Å². The Bertz CT molecular complexity index is 388. The Hall–Kier alpha value is -0.860. The molecule has 1 heterocycles. The predicted octanol–water partition coefficient (Wildman–Crippen LogP) is 2.90. The molecule has 1 saturated heterocycles. The lowest BCUT2D eigenvalue weighted by Gasteiger charge is -2.42. The maximum Gasteiger partial charge on any atom is 0.120 e. The zero-order chi connectivity index (χ0) is 12.5. The first-order valence-electron chi connectivity index (χ1n) is 6.34. The van der Waals surface area contributed by atoms with E-state index < -0.39 is 0 Å². The highest BCUT2D eigenvalue weighted by Crippen LogP contribution is 2.27. The van der Waals surface area contributed by atoms with Gasteiger partial charge in [0.25, 0.3) is 0 Å². The average molecular weight is 233 g/mol. The number of ether oxygens (including phenoxy) is 1. The number of nitrogens with one attached hydrogen (secondary N) is 1. The fourth-order valence-electron chi connectivity index (χ4n) is 2.17. The molecule has 1 atom stereocenters. The van der Waals surface area contributed by atoms with Gasteiger partial charge in [-0.2, -0.15) is 0 Å². The maximum atomic E-state index is 6.03. The molecule has 0 saturated carbocycles. The molecule has 17 heavy (non-hydrogen) atoms. The SMILES string of the molecule is Cc1ccccc1CC1(C)NCC(C)(C)CO1. The second-order valence-corrected chi connectivity index (χ2v) is 6.14. The van der Waals surface area contributed by atoms with Gasteiger partial charge in [-0.1, -0.05) is 38.1 Å². The Morgan fingerprint density at radius 2 is 1.94 bits per heavy atom. The van der Waals surface area contributed by atoms with Gasteiger partial charge in [0.05, 0.1) is 6.61 Å². The Morgan fingerprint density at radius 1 is 1.24 bits per heavy atom. The Balaban J connectivity index is 2.07. The van der Waals surface area contributed by atoms with Crippen LogP contribution in [0.3, 0.4) is 0 Å². The van der Waals surface area contributed by atoms with E-state index in [1.54, 1.807) is 0 Å². The van der Waals surface area contributed by atoms with Gasteiger partial charge in [-0.3, -0.25) is 5.32 Å². The smallest absolute Gasteiger partial charge is 0.120 e. The van der Waals surface area contributed by atoms with Crippen LogP contribution < -0.4 is 5.32 Å². The van der Waals surface area contributed by atoms with Gasteiger partial charge < -0.3 is 4.74 Å². The molecule has 1 fully saturated rings. The maximum absolute atomic E-state index is 6.03. The lowest BCUT2D eigenvalue weighted by atomic mass is 9.90. The average Bonchev–Trinajstić information content (AvgIpc) is 2.27. The summed E-state index contributed by atoms with van der Waals surface area (Å²) in [6.45, 7) is 10.6. The third-order valence-corrected chi connectivity index (χ3v) is 3.51. The second-order valence-electron chi connectivity index (χ2n) is 6.14. The molecule has 2 nitrogen and oxygen atoms in total. The molecule has 1 aromatic rings. The van der Waals surface area contributed by atoms with Crippen molar-refractivity contribution in [1.29, 1.82) is 0 Å². The third-order valence-electron chi connectivity index (χ3n) is 3.51. The molecule has 1 aliphatic rings. The highest BCUT2D eigenvalue weighted by atomic mass is 16.5. The van der Waals surface area contributed by atoms with Crippen molar-refractivity contribution >= 4 is 0 Å². The van der Waals surface area contributed by atoms with Crippen molar-refractivity contribution in [2.75, 3.05) is 13.2 Å². The first kappa shape index (κ1) is 12.6. The molecular formula is C15H23NO. The van der Waals surface area contributed by atoms with Crippen molar-refractivity contribution in [2.24, 2.45) is 5.41 Å². The standard InChI is InChI=1S/C15H23NO/c1-12-7-5-6-8-13(12)9-15(4)16-10-14(2,3)11-17-15/h5-8,16H,9-11H2,1-4H3. The third kappa shape index (κ3) is 3.08. The Kier molecular flexibility index (Phi) is 3.28. The summed E-state index contributed by atoms with van der Waals surface area (Å²) in [6, 6.07) is 8.52. The molecule has 1 aromatic carbocycles. The van der Waals surface area contributed by atoms with Crippen molar-refractivity contribution in [3.05, 3.63) is 35.4 Å². The summed E-state index contributed by atoms with van der Waals surface area (Å²) in [7, 11) is 0. The van der Waals surface area contributed by atoms with Crippen LogP contribution in [0.15, 0.2) is 24.3 Å². The zero-order valence-electron chi connectivity index (χ0n) is 11.3. The van der Waals surface area contributed by atoms with Gasteiger partial charge >= 0.3 is 0 Å². The van der Waals surface area contributed by atoms with E-state index in [-0.39, 0.29) is 11.1 Å². The molecule has 1 unspecified atom stereocenters. The van der Waals surface area contributed by atoms with Crippen LogP contribution in [0, 0.1) is 12.3 Å². The van der Waals surface area contributed by atoms with Crippen LogP contribution in [0.5, 0.6) is 0 Å². The van der Waals surface area contributed by atoms with Gasteiger partial charge in [0.1, 0.15) is 5.72 Å². The molecule has 0 aromatic heterocycles. The van der Waals surface area contributed by atoms with Gasteiger partial charge in [-0.25, -0.2) is 0 Å². The van der Waals surface area contributed by atoms with Crippen LogP contribution in [0.1, 0.15) is 31.9 Å². The summed E-state index contributed by atoms with van der Waals surface area (Å²) < 4.78 is 6.03. The number of benzene rings is 1. The minimum absolute atomic E-state index is 0.221. The van der Waals surface area contributed by atoms with Gasteiger partial charge in [0.2, 0.25) is 0 Å². The quantitative estimate of drug-likeness (QED) is 0.848. The molecule has 1 N–H and O–H groups in total. The fourth-order valence-corrected chi connectivity index (χ4v) is 2.17. The number of rotatable bonds is 2. The number of aryl methyl sites for hydroxylation is 1. The van der Waals surface area contributed by atoms with Crippen LogP contribution in [-0.4, -0.2) is 18.9 Å². The normalized spacial score (nSPS) is 28.0. The predicted molar refractivity (Wildman–Crippen MR) is 71.0 cm³/mol. The number of hydrogen-bond donors (Lipinski definition) is 1. The van der Waals surface area contributed by atoms with Crippen molar-refractivity contribution in [3.8, 4) is 0 Å². The molecule has 0 spiro atoms. The van der Waals surface area contributed by atoms with E-state index in [4.69, 9.17) is 4.74 Å². The van der Waals surface area contributed by atoms with Crippen molar-refractivity contribution in [3.63, 3.8) is 0 Å². The Morgan fingerprint density at radius 3 is 2.53 bits per heavy atom. The second kappa shape index (κ2) is 4.43. The van der Waals surface area contributed by atoms with E-state index in [1.165, 1.54) is 11.1 Å². The van der Waals surface area contributed by atoms with E-state index in [0.717, 1.165) is 19.6 Å². The summed E-state index contributed by atoms with van der Waals surface area (Å²) in [5.74, 6) is 0. The molecule has 2 heteroatoms. The van der Waals surface area contributed by atoms with E-state index >= 15 is 0 Å². The van der Waals surface area contributed by atoms with E-state index in [1.807, 2.05) is 0 Å². The largest absolute Gasteiger partial charge is 0.360 e. The van der Waals surface area contributed by atoms with Gasteiger partial charge in [-0.05, 0) is 25.0 Å².